The molecule has 0 aliphatic carbocycles. The van der Waals surface area contributed by atoms with E-state index >= 15 is 0 Å². The third-order valence-corrected chi connectivity index (χ3v) is 1.11. The van der Waals surface area contributed by atoms with E-state index in [1.165, 1.54) is 0 Å². The van der Waals surface area contributed by atoms with Crippen molar-refractivity contribution >= 4 is 0 Å². The number of nitrogens with two attached hydrogens (primary N) is 1. The van der Waals surface area contributed by atoms with Crippen LogP contribution in [0, 0.1) is 0 Å². The highest BCUT2D eigenvalue weighted by molar-refractivity contribution is 4.74. The molecule has 8 heavy (non-hydrogen) atoms. The Morgan fingerprint density at radius 1 is 1.38 bits per heavy atom. The molecule has 0 heterocycles. The van der Waals surface area contributed by atoms with E-state index in [0.717, 1.165) is 13.1 Å². The predicted octanol–water partition coefficient (Wildman–Crippen LogP) is 0.758. The molecule has 48 valence electrons. The molecule has 0 radical (unpaired) electrons. The molecule has 0 saturated heterocycles. The van der Waals surface area contributed by atoms with Gasteiger partial charge in [0, 0.05) is 25.5 Å². The van der Waals surface area contributed by atoms with Crippen molar-refractivity contribution in [2.24, 2.45) is 5.73 Å². The van der Waals surface area contributed by atoms with Gasteiger partial charge in [-0.3, -0.25) is 0 Å². The van der Waals surface area contributed by atoms with E-state index in [-0.39, 0.29) is 0 Å². The number of nitrogens with zero attached hydrogens (tertiary/aromatic N) is 1. The van der Waals surface area contributed by atoms with Gasteiger partial charge in [0.2, 0.25) is 0 Å². The number of hydrogen-bond acceptors (Lipinski definition) is 2. The van der Waals surface area contributed by atoms with Gasteiger partial charge in [0.15, 0.2) is 0 Å². The summed E-state index contributed by atoms with van der Waals surface area (Å²) in [6.07, 6.45) is 3.45. The Balaban J connectivity index is 3.36. The fourth-order valence-corrected chi connectivity index (χ4v) is 0.556. The van der Waals surface area contributed by atoms with E-state index in [4.69, 9.17) is 5.73 Å². The Morgan fingerprint density at radius 2 is 1.88 bits per heavy atom. The van der Waals surface area contributed by atoms with E-state index in [1.54, 1.807) is 6.20 Å². The molecule has 0 aliphatic rings. The maximum Gasteiger partial charge on any atom is 0.0148 e. The highest BCUT2D eigenvalue weighted by Gasteiger charge is 1.85. The summed E-state index contributed by atoms with van der Waals surface area (Å²) in [6, 6.07) is 0. The normalized spacial score (nSPS) is 10.2. The summed E-state index contributed by atoms with van der Waals surface area (Å²) in [7, 11) is 0. The molecular formula is C6H14N2. The highest BCUT2D eigenvalue weighted by Crippen LogP contribution is 1.84. The molecule has 0 atom stereocenters. The van der Waals surface area contributed by atoms with Gasteiger partial charge in [-0.2, -0.15) is 0 Å². The second-order valence-corrected chi connectivity index (χ2v) is 1.56. The summed E-state index contributed by atoms with van der Waals surface area (Å²) >= 11 is 0. The molecule has 0 unspecified atom stereocenters. The first-order valence-electron chi connectivity index (χ1n) is 2.97. The van der Waals surface area contributed by atoms with Crippen LogP contribution >= 0.6 is 0 Å². The lowest BCUT2D eigenvalue weighted by atomic mass is 10.5. The summed E-state index contributed by atoms with van der Waals surface area (Å²) in [5.74, 6) is 0. The van der Waals surface area contributed by atoms with Crippen LogP contribution in [0.4, 0.5) is 0 Å². The van der Waals surface area contributed by atoms with Gasteiger partial charge in [0.1, 0.15) is 0 Å². The lowest BCUT2D eigenvalue weighted by molar-refractivity contribution is 0.418. The molecule has 0 rings (SSSR count). The highest BCUT2D eigenvalue weighted by atomic mass is 15.1. The van der Waals surface area contributed by atoms with Crippen LogP contribution in [0.25, 0.3) is 0 Å². The van der Waals surface area contributed by atoms with Crippen molar-refractivity contribution in [2.45, 2.75) is 13.8 Å². The van der Waals surface area contributed by atoms with Crippen LogP contribution in [-0.2, 0) is 0 Å². The zero-order valence-electron chi connectivity index (χ0n) is 5.59. The fourth-order valence-electron chi connectivity index (χ4n) is 0.556. The molecule has 0 aromatic heterocycles. The summed E-state index contributed by atoms with van der Waals surface area (Å²) < 4.78 is 0. The van der Waals surface area contributed by atoms with Crippen LogP contribution in [0.5, 0.6) is 0 Å². The maximum absolute atomic E-state index is 5.16. The van der Waals surface area contributed by atoms with E-state index < -0.39 is 0 Å². The maximum atomic E-state index is 5.16. The second kappa shape index (κ2) is 4.50. The van der Waals surface area contributed by atoms with Gasteiger partial charge in [-0.25, -0.2) is 0 Å². The van der Waals surface area contributed by atoms with E-state index in [0.29, 0.717) is 0 Å². The Hall–Kier alpha value is -0.660. The minimum absolute atomic E-state index is 1.03. The summed E-state index contributed by atoms with van der Waals surface area (Å²) in [5, 5.41) is 0. The lowest BCUT2D eigenvalue weighted by Gasteiger charge is -2.13. The predicted molar refractivity (Wildman–Crippen MR) is 36.2 cm³/mol. The SMILES string of the molecule is CCN(C=CN)CC. The molecular weight excluding hydrogens is 100 g/mol. The quantitative estimate of drug-likeness (QED) is 0.587. The van der Waals surface area contributed by atoms with Crippen molar-refractivity contribution in [1.82, 2.24) is 4.90 Å². The van der Waals surface area contributed by atoms with Gasteiger partial charge >= 0.3 is 0 Å². The summed E-state index contributed by atoms with van der Waals surface area (Å²) in [5.41, 5.74) is 5.16. The minimum Gasteiger partial charge on any atom is -0.403 e. The first-order valence-corrected chi connectivity index (χ1v) is 2.97. The van der Waals surface area contributed by atoms with Crippen LogP contribution < -0.4 is 5.73 Å². The van der Waals surface area contributed by atoms with Crippen molar-refractivity contribution in [3.63, 3.8) is 0 Å². The average molecular weight is 114 g/mol. The third-order valence-electron chi connectivity index (χ3n) is 1.11. The first-order chi connectivity index (χ1) is 3.85. The molecule has 2 heteroatoms. The van der Waals surface area contributed by atoms with Crippen LogP contribution in [0.2, 0.25) is 0 Å². The molecule has 2 N–H and O–H groups in total. The minimum atomic E-state index is 1.03. The van der Waals surface area contributed by atoms with Crippen LogP contribution in [0.15, 0.2) is 12.4 Å². The van der Waals surface area contributed by atoms with E-state index in [1.807, 2.05) is 6.20 Å². The zero-order chi connectivity index (χ0) is 6.41. The van der Waals surface area contributed by atoms with Gasteiger partial charge in [-0.1, -0.05) is 0 Å². The average Bonchev–Trinajstić information content (AvgIpc) is 1.83. The van der Waals surface area contributed by atoms with Gasteiger partial charge in [0.25, 0.3) is 0 Å². The molecule has 0 bridgehead atoms. The first kappa shape index (κ1) is 7.34. The fraction of sp³-hybridized carbons (Fsp3) is 0.667. The van der Waals surface area contributed by atoms with Gasteiger partial charge in [-0.05, 0) is 13.8 Å². The number of rotatable bonds is 3. The van der Waals surface area contributed by atoms with Gasteiger partial charge in [0.05, 0.1) is 0 Å². The Labute approximate surface area is 51.0 Å². The molecule has 2 nitrogen and oxygen atoms in total. The van der Waals surface area contributed by atoms with Crippen LogP contribution in [0.3, 0.4) is 0 Å². The van der Waals surface area contributed by atoms with Crippen molar-refractivity contribution in [3.05, 3.63) is 12.4 Å². The topological polar surface area (TPSA) is 29.3 Å². The second-order valence-electron chi connectivity index (χ2n) is 1.56. The number of hydrogen-bond donors (Lipinski definition) is 1. The molecule has 0 saturated carbocycles. The van der Waals surface area contributed by atoms with Crippen molar-refractivity contribution in [1.29, 1.82) is 0 Å². The Kier molecular flexibility index (Phi) is 4.13. The van der Waals surface area contributed by atoms with Crippen LogP contribution in [-0.4, -0.2) is 18.0 Å². The largest absolute Gasteiger partial charge is 0.403 e. The van der Waals surface area contributed by atoms with Crippen LogP contribution in [0.1, 0.15) is 13.8 Å². The lowest BCUT2D eigenvalue weighted by Crippen LogP contribution is -2.15. The third kappa shape index (κ3) is 2.50. The molecule has 0 spiro atoms. The summed E-state index contributed by atoms with van der Waals surface area (Å²) in [4.78, 5) is 2.12. The molecule has 0 aromatic rings. The standard InChI is InChI=1S/C6H14N2/c1-3-8(4-2)6-5-7/h5-6H,3-4,7H2,1-2H3. The smallest absolute Gasteiger partial charge is 0.0148 e. The molecule has 0 amide bonds. The van der Waals surface area contributed by atoms with Gasteiger partial charge < -0.3 is 10.6 Å². The van der Waals surface area contributed by atoms with Crippen molar-refractivity contribution < 1.29 is 0 Å². The van der Waals surface area contributed by atoms with Crippen molar-refractivity contribution in [2.75, 3.05) is 13.1 Å². The Morgan fingerprint density at radius 3 is 2.00 bits per heavy atom. The monoisotopic (exact) mass is 114 g/mol. The van der Waals surface area contributed by atoms with Gasteiger partial charge in [-0.15, -0.1) is 0 Å². The van der Waals surface area contributed by atoms with Crippen molar-refractivity contribution in [3.8, 4) is 0 Å². The molecule has 0 aromatic carbocycles. The summed E-state index contributed by atoms with van der Waals surface area (Å²) in [6.45, 7) is 6.27. The molecule has 0 aliphatic heterocycles. The zero-order valence-corrected chi connectivity index (χ0v) is 5.59. The Bertz CT molecular complexity index is 64.9. The molecule has 0 fully saturated rings. The van der Waals surface area contributed by atoms with E-state index in [9.17, 15) is 0 Å². The van der Waals surface area contributed by atoms with E-state index in [2.05, 4.69) is 18.7 Å².